The van der Waals surface area contributed by atoms with Crippen LogP contribution < -0.4 is 0 Å². The highest BCUT2D eigenvalue weighted by atomic mass is 32.2. The Bertz CT molecular complexity index is 64.8. The predicted octanol–water partition coefficient (Wildman–Crippen LogP) is 1.06. The molecule has 0 bridgehead atoms. The van der Waals surface area contributed by atoms with Gasteiger partial charge in [0.05, 0.1) is 0 Å². The van der Waals surface area contributed by atoms with Gasteiger partial charge < -0.3 is 10.2 Å². The third-order valence-electron chi connectivity index (χ3n) is 0.868. The van der Waals surface area contributed by atoms with E-state index in [1.54, 1.807) is 0 Å². The van der Waals surface area contributed by atoms with E-state index in [9.17, 15) is 0 Å². The summed E-state index contributed by atoms with van der Waals surface area (Å²) in [5.41, 5.74) is 0. The summed E-state index contributed by atoms with van der Waals surface area (Å²) in [6.45, 7) is 0.440. The Morgan fingerprint density at radius 1 is 0.909 bits per heavy atom. The maximum atomic E-state index is 8.40. The first-order valence-corrected chi connectivity index (χ1v) is 5.36. The summed E-state index contributed by atoms with van der Waals surface area (Å²) in [4.78, 5) is 0. The van der Waals surface area contributed by atoms with Gasteiger partial charge in [0.15, 0.2) is 0 Å². The van der Waals surface area contributed by atoms with Crippen molar-refractivity contribution in [2.24, 2.45) is 0 Å². The van der Waals surface area contributed by atoms with Crippen LogP contribution in [0.5, 0.6) is 0 Å². The molecule has 0 spiro atoms. The molecule has 0 amide bonds. The van der Waals surface area contributed by atoms with Gasteiger partial charge in [0.2, 0.25) is 0 Å². The van der Waals surface area contributed by atoms with Crippen LogP contribution in [0.1, 0.15) is 12.8 Å². The molecule has 0 aromatic heterocycles. The number of rotatable bonds is 8. The second-order valence-electron chi connectivity index (χ2n) is 1.87. The third-order valence-corrected chi connectivity index (χ3v) is 2.55. The molecule has 0 aromatic rings. The van der Waals surface area contributed by atoms with Crippen molar-refractivity contribution in [1.82, 2.24) is 0 Å². The van der Waals surface area contributed by atoms with Crippen LogP contribution in [0.3, 0.4) is 0 Å². The molecule has 0 aliphatic rings. The van der Waals surface area contributed by atoms with E-state index in [4.69, 9.17) is 13.8 Å². The summed E-state index contributed by atoms with van der Waals surface area (Å²) >= 11 is 2.70. The summed E-state index contributed by atoms with van der Waals surface area (Å²) in [7, 11) is 0. The number of aliphatic hydroxyl groups is 2. The molecule has 0 aromatic carbocycles. The first-order chi connectivity index (χ1) is 5.41. The summed E-state index contributed by atoms with van der Waals surface area (Å²) < 4.78 is 5.05. The van der Waals surface area contributed by atoms with Gasteiger partial charge in [0, 0.05) is 48.8 Å². The van der Waals surface area contributed by atoms with Gasteiger partial charge in [-0.15, -0.1) is 0 Å². The lowest BCUT2D eigenvalue weighted by Gasteiger charge is -1.98. The van der Waals surface area contributed by atoms with Crippen LogP contribution in [0.2, 0.25) is 0 Å². The van der Waals surface area contributed by atoms with E-state index in [0.717, 1.165) is 24.3 Å². The van der Waals surface area contributed by atoms with Gasteiger partial charge in [-0.3, -0.25) is 0 Å². The zero-order chi connectivity index (χ0) is 8.36. The highest BCUT2D eigenvalue weighted by Crippen LogP contribution is 2.15. The van der Waals surface area contributed by atoms with Crippen LogP contribution in [-0.4, -0.2) is 34.9 Å². The molecule has 0 heterocycles. The molecule has 0 saturated carbocycles. The van der Waals surface area contributed by atoms with Crippen LogP contribution in [-0.2, 0) is 3.63 Å². The fraction of sp³-hybridized carbons (Fsp3) is 1.00. The van der Waals surface area contributed by atoms with E-state index in [-0.39, 0.29) is 13.2 Å². The maximum Gasteiger partial charge on any atom is 0.0439 e. The Kier molecular flexibility index (Phi) is 11.1. The van der Waals surface area contributed by atoms with Crippen LogP contribution >= 0.6 is 24.1 Å². The zero-order valence-electron chi connectivity index (χ0n) is 6.36. The van der Waals surface area contributed by atoms with Crippen LogP contribution in [0.15, 0.2) is 0 Å². The first kappa shape index (κ1) is 11.6. The largest absolute Gasteiger partial charge is 0.396 e. The first-order valence-electron chi connectivity index (χ1n) is 3.54. The summed E-state index contributed by atoms with van der Waals surface area (Å²) in [5, 5.41) is 16.8. The topological polar surface area (TPSA) is 49.7 Å². The predicted molar refractivity (Wildman–Crippen MR) is 49.4 cm³/mol. The second-order valence-corrected chi connectivity index (χ2v) is 3.70. The van der Waals surface area contributed by atoms with E-state index in [2.05, 4.69) is 0 Å². The summed E-state index contributed by atoms with van der Waals surface area (Å²) in [6.07, 6.45) is 1.54. The van der Waals surface area contributed by atoms with Crippen molar-refractivity contribution < 1.29 is 13.8 Å². The molecule has 0 radical (unpaired) electrons. The van der Waals surface area contributed by atoms with Gasteiger partial charge in [-0.25, -0.2) is 3.63 Å². The van der Waals surface area contributed by atoms with Crippen molar-refractivity contribution in [2.75, 3.05) is 24.7 Å². The molecule has 0 atom stereocenters. The molecule has 0 unspecified atom stereocenters. The van der Waals surface area contributed by atoms with Gasteiger partial charge in [-0.1, -0.05) is 0 Å². The molecule has 68 valence electrons. The molecular formula is C6H14O3S2. The lowest BCUT2D eigenvalue weighted by molar-refractivity contribution is 0.296. The average Bonchev–Trinajstić information content (AvgIpc) is 2.03. The second kappa shape index (κ2) is 10.6. The minimum absolute atomic E-state index is 0.220. The monoisotopic (exact) mass is 198 g/mol. The van der Waals surface area contributed by atoms with Crippen LogP contribution in [0, 0.1) is 0 Å². The fourth-order valence-electron chi connectivity index (χ4n) is 0.349. The lowest BCUT2D eigenvalue weighted by Crippen LogP contribution is -1.87. The molecule has 0 aliphatic heterocycles. The van der Waals surface area contributed by atoms with Gasteiger partial charge >= 0.3 is 0 Å². The molecule has 0 aliphatic carbocycles. The van der Waals surface area contributed by atoms with Crippen molar-refractivity contribution in [2.45, 2.75) is 12.8 Å². The van der Waals surface area contributed by atoms with Gasteiger partial charge in [-0.05, 0) is 12.8 Å². The van der Waals surface area contributed by atoms with Crippen LogP contribution in [0.25, 0.3) is 0 Å². The molecule has 0 rings (SSSR count). The minimum Gasteiger partial charge on any atom is -0.396 e. The molecule has 5 heteroatoms. The Labute approximate surface area is 75.9 Å². The highest BCUT2D eigenvalue weighted by molar-refractivity contribution is 8.07. The molecule has 0 saturated heterocycles. The Balaban J connectivity index is 2.69. The molecule has 2 N–H and O–H groups in total. The fourth-order valence-corrected chi connectivity index (χ4v) is 1.66. The number of hydrogen-bond acceptors (Lipinski definition) is 5. The maximum absolute atomic E-state index is 8.40. The van der Waals surface area contributed by atoms with Crippen molar-refractivity contribution in [1.29, 1.82) is 0 Å². The highest BCUT2D eigenvalue weighted by Gasteiger charge is 1.90. The average molecular weight is 198 g/mol. The van der Waals surface area contributed by atoms with Gasteiger partial charge in [0.25, 0.3) is 0 Å². The van der Waals surface area contributed by atoms with E-state index < -0.39 is 0 Å². The normalized spacial score (nSPS) is 10.4. The lowest BCUT2D eigenvalue weighted by atomic mass is 10.5. The standard InChI is InChI=1S/C6H14O3S2/c7-3-1-5-10-9-11-6-2-4-8/h7-8H,1-6H2. The number of hydrogen-bond donors (Lipinski definition) is 2. The summed E-state index contributed by atoms with van der Waals surface area (Å²) in [5.74, 6) is 1.64. The smallest absolute Gasteiger partial charge is 0.0439 e. The zero-order valence-corrected chi connectivity index (χ0v) is 7.99. The van der Waals surface area contributed by atoms with E-state index >= 15 is 0 Å². The molecule has 0 fully saturated rings. The molecule has 3 nitrogen and oxygen atoms in total. The van der Waals surface area contributed by atoms with Crippen molar-refractivity contribution in [3.63, 3.8) is 0 Å². The third kappa shape index (κ3) is 10.6. The number of aliphatic hydroxyl groups excluding tert-OH is 2. The van der Waals surface area contributed by atoms with Gasteiger partial charge in [-0.2, -0.15) is 0 Å². The SMILES string of the molecule is OCCCSOSCCCO. The Hall–Kier alpha value is 0.580. The molecule has 11 heavy (non-hydrogen) atoms. The van der Waals surface area contributed by atoms with Crippen molar-refractivity contribution >= 4 is 24.1 Å². The van der Waals surface area contributed by atoms with E-state index in [1.807, 2.05) is 0 Å². The van der Waals surface area contributed by atoms with Crippen LogP contribution in [0.4, 0.5) is 0 Å². The minimum atomic E-state index is 0.220. The van der Waals surface area contributed by atoms with E-state index in [0.29, 0.717) is 0 Å². The van der Waals surface area contributed by atoms with Gasteiger partial charge in [0.1, 0.15) is 0 Å². The Morgan fingerprint density at radius 2 is 1.36 bits per heavy atom. The molecular weight excluding hydrogens is 184 g/mol. The quantitative estimate of drug-likeness (QED) is 0.451. The van der Waals surface area contributed by atoms with Crippen molar-refractivity contribution in [3.05, 3.63) is 0 Å². The summed E-state index contributed by atoms with van der Waals surface area (Å²) in [6, 6.07) is 0. The van der Waals surface area contributed by atoms with E-state index in [1.165, 1.54) is 24.1 Å². The Morgan fingerprint density at radius 3 is 1.73 bits per heavy atom. The van der Waals surface area contributed by atoms with Crippen molar-refractivity contribution in [3.8, 4) is 0 Å².